The van der Waals surface area contributed by atoms with Gasteiger partial charge in [0.15, 0.2) is 0 Å². The molecule has 5 nitrogen and oxygen atoms in total. The summed E-state index contributed by atoms with van der Waals surface area (Å²) < 4.78 is 28.0. The van der Waals surface area contributed by atoms with E-state index in [4.69, 9.17) is 23.2 Å². The molecule has 1 heterocycles. The van der Waals surface area contributed by atoms with Gasteiger partial charge in [-0.15, -0.1) is 0 Å². The minimum absolute atomic E-state index is 0.0774. The zero-order chi connectivity index (χ0) is 13.5. The number of anilines is 1. The lowest BCUT2D eigenvalue weighted by Crippen LogP contribution is -2.16. The van der Waals surface area contributed by atoms with Crippen LogP contribution >= 0.6 is 23.2 Å². The second-order valence-electron chi connectivity index (χ2n) is 3.11. The summed E-state index contributed by atoms with van der Waals surface area (Å²) in [5.41, 5.74) is 0. The Bertz CT molecular complexity index is 401. The zero-order valence-corrected chi connectivity index (χ0v) is 10.5. The van der Waals surface area contributed by atoms with Crippen LogP contribution in [0.5, 0.6) is 0 Å². The number of amides is 1. The van der Waals surface area contributed by atoms with Crippen LogP contribution in [-0.4, -0.2) is 35.5 Å². The second-order valence-corrected chi connectivity index (χ2v) is 3.83. The molecule has 1 rings (SSSR count). The van der Waals surface area contributed by atoms with Gasteiger partial charge in [-0.3, -0.25) is 4.79 Å². The van der Waals surface area contributed by atoms with E-state index in [9.17, 15) is 13.6 Å². The minimum atomic E-state index is -2.55. The maximum Gasteiger partial charge on any atom is 0.261 e. The van der Waals surface area contributed by atoms with Gasteiger partial charge >= 0.3 is 0 Å². The third kappa shape index (κ3) is 6.04. The molecule has 0 radical (unpaired) electrons. The highest BCUT2D eigenvalue weighted by atomic mass is 35.5. The second kappa shape index (κ2) is 7.40. The average Bonchev–Trinajstić information content (AvgIpc) is 2.22. The Morgan fingerprint density at radius 3 is 2.78 bits per heavy atom. The Morgan fingerprint density at radius 1 is 1.44 bits per heavy atom. The van der Waals surface area contributed by atoms with Crippen LogP contribution in [0.3, 0.4) is 0 Å². The summed E-state index contributed by atoms with van der Waals surface area (Å²) in [6, 6.07) is 1.31. The molecule has 1 N–H and O–H groups in total. The quantitative estimate of drug-likeness (QED) is 0.498. The molecule has 0 spiro atoms. The van der Waals surface area contributed by atoms with E-state index in [1.165, 1.54) is 6.07 Å². The fraction of sp³-hybridized carbons (Fsp3) is 0.444. The number of aromatic nitrogens is 2. The Balaban J connectivity index is 2.35. The molecule has 1 aromatic rings. The molecule has 18 heavy (non-hydrogen) atoms. The number of rotatable bonds is 6. The molecule has 0 unspecified atom stereocenters. The monoisotopic (exact) mass is 299 g/mol. The summed E-state index contributed by atoms with van der Waals surface area (Å²) in [6.45, 7) is -0.804. The van der Waals surface area contributed by atoms with E-state index in [-0.39, 0.29) is 29.3 Å². The predicted molar refractivity (Wildman–Crippen MR) is 62.1 cm³/mol. The summed E-state index contributed by atoms with van der Waals surface area (Å²) in [5, 5.41) is 2.36. The predicted octanol–water partition coefficient (Wildman–Crippen LogP) is 2.39. The lowest BCUT2D eigenvalue weighted by molar-refractivity contribution is -0.117. The molecule has 9 heteroatoms. The highest BCUT2D eigenvalue weighted by Gasteiger charge is 2.07. The van der Waals surface area contributed by atoms with Gasteiger partial charge in [0.2, 0.25) is 11.2 Å². The van der Waals surface area contributed by atoms with Crippen LogP contribution in [0.2, 0.25) is 10.4 Å². The number of halogens is 4. The van der Waals surface area contributed by atoms with Crippen LogP contribution in [-0.2, 0) is 9.53 Å². The van der Waals surface area contributed by atoms with Crippen molar-refractivity contribution in [1.82, 2.24) is 9.97 Å². The van der Waals surface area contributed by atoms with Gasteiger partial charge in [0.1, 0.15) is 17.6 Å². The van der Waals surface area contributed by atoms with Gasteiger partial charge in [-0.25, -0.2) is 18.7 Å². The lowest BCUT2D eigenvalue weighted by Gasteiger charge is -2.05. The Hall–Kier alpha value is -1.05. The number of nitrogens with one attached hydrogen (secondary N) is 1. The van der Waals surface area contributed by atoms with Crippen LogP contribution in [0.15, 0.2) is 6.07 Å². The fourth-order valence-electron chi connectivity index (χ4n) is 0.997. The molecule has 100 valence electrons. The number of nitrogens with zero attached hydrogens (tertiary/aromatic N) is 2. The molecule has 0 saturated carbocycles. The van der Waals surface area contributed by atoms with Gasteiger partial charge in [0.25, 0.3) is 6.43 Å². The lowest BCUT2D eigenvalue weighted by atomic mass is 10.4. The van der Waals surface area contributed by atoms with E-state index >= 15 is 0 Å². The van der Waals surface area contributed by atoms with Gasteiger partial charge in [-0.2, -0.15) is 0 Å². The van der Waals surface area contributed by atoms with Crippen LogP contribution in [0.1, 0.15) is 6.42 Å². The van der Waals surface area contributed by atoms with Crippen LogP contribution in [0, 0.1) is 0 Å². The van der Waals surface area contributed by atoms with E-state index in [0.717, 1.165) is 0 Å². The molecule has 1 amide bonds. The van der Waals surface area contributed by atoms with Crippen molar-refractivity contribution in [2.24, 2.45) is 0 Å². The molecule has 0 aliphatic rings. The van der Waals surface area contributed by atoms with Crippen LogP contribution < -0.4 is 5.32 Å². The van der Waals surface area contributed by atoms with Crippen molar-refractivity contribution in [2.75, 3.05) is 18.5 Å². The largest absolute Gasteiger partial charge is 0.375 e. The van der Waals surface area contributed by atoms with Crippen LogP contribution in [0.25, 0.3) is 0 Å². The smallest absolute Gasteiger partial charge is 0.261 e. The van der Waals surface area contributed by atoms with E-state index < -0.39 is 18.9 Å². The number of ether oxygens (including phenoxy) is 1. The van der Waals surface area contributed by atoms with Gasteiger partial charge in [0.05, 0.1) is 13.0 Å². The first-order valence-corrected chi connectivity index (χ1v) is 5.59. The molecule has 0 aliphatic carbocycles. The first-order chi connectivity index (χ1) is 8.47. The van der Waals surface area contributed by atoms with E-state index in [0.29, 0.717) is 0 Å². The Kier molecular flexibility index (Phi) is 6.17. The van der Waals surface area contributed by atoms with Gasteiger partial charge in [0, 0.05) is 6.07 Å². The van der Waals surface area contributed by atoms with Gasteiger partial charge in [-0.05, 0) is 11.6 Å². The van der Waals surface area contributed by atoms with Gasteiger partial charge in [-0.1, -0.05) is 11.6 Å². The number of carbonyl (C=O) groups excluding carboxylic acids is 1. The first kappa shape index (κ1) is 15.0. The average molecular weight is 300 g/mol. The van der Waals surface area contributed by atoms with Crippen molar-refractivity contribution in [3.8, 4) is 0 Å². The van der Waals surface area contributed by atoms with E-state index in [1.54, 1.807) is 0 Å². The highest BCUT2D eigenvalue weighted by molar-refractivity contribution is 6.32. The van der Waals surface area contributed by atoms with Crippen LogP contribution in [0.4, 0.5) is 14.6 Å². The summed E-state index contributed by atoms with van der Waals surface area (Å²) in [4.78, 5) is 18.7. The third-order valence-corrected chi connectivity index (χ3v) is 2.02. The standard InChI is InChI=1S/C9H9Cl2F2N3O2/c10-5-3-7(16-9(11)14-5)15-8(17)1-2-18-4-6(12)13/h3,6H,1-2,4H2,(H,14,15,16,17). The molecular weight excluding hydrogens is 291 g/mol. The van der Waals surface area contributed by atoms with E-state index in [2.05, 4.69) is 20.0 Å². The third-order valence-electron chi connectivity index (χ3n) is 1.65. The molecular formula is C9H9Cl2F2N3O2. The van der Waals surface area contributed by atoms with Crippen molar-refractivity contribution >= 4 is 34.9 Å². The zero-order valence-electron chi connectivity index (χ0n) is 9.00. The van der Waals surface area contributed by atoms with Crippen molar-refractivity contribution < 1.29 is 18.3 Å². The molecule has 0 aromatic carbocycles. The SMILES string of the molecule is O=C(CCOCC(F)F)Nc1cc(Cl)nc(Cl)n1. The summed E-state index contributed by atoms with van der Waals surface area (Å²) in [5.74, 6) is -0.311. The molecule has 1 aromatic heterocycles. The van der Waals surface area contributed by atoms with Crippen molar-refractivity contribution in [2.45, 2.75) is 12.8 Å². The fourth-order valence-corrected chi connectivity index (χ4v) is 1.41. The normalized spacial score (nSPS) is 10.7. The number of hydrogen-bond acceptors (Lipinski definition) is 4. The van der Waals surface area contributed by atoms with Crippen molar-refractivity contribution in [1.29, 1.82) is 0 Å². The molecule has 0 saturated heterocycles. The number of alkyl halides is 2. The summed E-state index contributed by atoms with van der Waals surface area (Å²) >= 11 is 11.1. The molecule has 0 bridgehead atoms. The summed E-state index contributed by atoms with van der Waals surface area (Å²) in [7, 11) is 0. The molecule has 0 fully saturated rings. The van der Waals surface area contributed by atoms with Crippen molar-refractivity contribution in [3.63, 3.8) is 0 Å². The van der Waals surface area contributed by atoms with Gasteiger partial charge < -0.3 is 10.1 Å². The number of hydrogen-bond donors (Lipinski definition) is 1. The highest BCUT2D eigenvalue weighted by Crippen LogP contribution is 2.14. The topological polar surface area (TPSA) is 64.1 Å². The Labute approximate surface area is 111 Å². The Morgan fingerprint density at radius 2 is 2.17 bits per heavy atom. The van der Waals surface area contributed by atoms with Crippen molar-refractivity contribution in [3.05, 3.63) is 16.5 Å². The molecule has 0 atom stereocenters. The number of carbonyl (C=O) groups is 1. The maximum absolute atomic E-state index is 11.7. The molecule has 0 aliphatic heterocycles. The summed E-state index contributed by atoms with van der Waals surface area (Å²) in [6.07, 6.45) is -2.63. The minimum Gasteiger partial charge on any atom is -0.375 e. The first-order valence-electron chi connectivity index (χ1n) is 4.83. The van der Waals surface area contributed by atoms with E-state index in [1.807, 2.05) is 0 Å². The maximum atomic E-state index is 11.7.